The molecule has 8 heteroatoms. The van der Waals surface area contributed by atoms with E-state index in [0.717, 1.165) is 11.6 Å². The van der Waals surface area contributed by atoms with Crippen molar-refractivity contribution in [2.24, 2.45) is 0 Å². The molecule has 0 bridgehead atoms. The summed E-state index contributed by atoms with van der Waals surface area (Å²) in [5.41, 5.74) is 5.85. The molecule has 25 heavy (non-hydrogen) atoms. The maximum atomic E-state index is 13.7. The number of nitrogens with zero attached hydrogens (tertiary/aromatic N) is 2. The van der Waals surface area contributed by atoms with Gasteiger partial charge in [0.05, 0.1) is 5.69 Å². The van der Waals surface area contributed by atoms with E-state index in [1.165, 1.54) is 0 Å². The number of rotatable bonds is 5. The molecule has 0 aliphatic heterocycles. The van der Waals surface area contributed by atoms with Crippen LogP contribution in [-0.4, -0.2) is 16.0 Å². The van der Waals surface area contributed by atoms with Crippen molar-refractivity contribution in [3.05, 3.63) is 59.9 Å². The fraction of sp³-hybridized carbons (Fsp3) is 0.118. The van der Waals surface area contributed by atoms with E-state index in [0.29, 0.717) is 17.8 Å². The van der Waals surface area contributed by atoms with E-state index >= 15 is 0 Å². The predicted octanol–water partition coefficient (Wildman–Crippen LogP) is 3.17. The number of halogens is 2. The highest BCUT2D eigenvalue weighted by Crippen LogP contribution is 2.24. The van der Waals surface area contributed by atoms with Gasteiger partial charge in [0.2, 0.25) is 5.91 Å². The molecule has 6 nitrogen and oxygen atoms in total. The van der Waals surface area contributed by atoms with Crippen molar-refractivity contribution in [2.45, 2.75) is 12.8 Å². The maximum Gasteiger partial charge on any atom is 0.257 e. The van der Waals surface area contributed by atoms with Crippen LogP contribution in [0.3, 0.4) is 0 Å². The number of nitrogens with one attached hydrogen (secondary N) is 1. The first-order valence-electron chi connectivity index (χ1n) is 7.45. The Kier molecular flexibility index (Phi) is 4.69. The van der Waals surface area contributed by atoms with Crippen molar-refractivity contribution in [2.75, 3.05) is 11.1 Å². The van der Waals surface area contributed by atoms with Crippen LogP contribution in [0.2, 0.25) is 0 Å². The highest BCUT2D eigenvalue weighted by atomic mass is 19.1. The number of nitrogen functional groups attached to an aromatic ring is 1. The number of aryl methyl sites for hydroxylation is 1. The van der Waals surface area contributed by atoms with Gasteiger partial charge in [0.25, 0.3) is 5.89 Å². The lowest BCUT2D eigenvalue weighted by molar-refractivity contribution is -0.116. The number of nitrogens with two attached hydrogens (primary N) is 1. The van der Waals surface area contributed by atoms with E-state index in [1.807, 2.05) is 30.3 Å². The Hall–Kier alpha value is -3.29. The second kappa shape index (κ2) is 7.08. The Morgan fingerprint density at radius 1 is 1.20 bits per heavy atom. The zero-order valence-electron chi connectivity index (χ0n) is 13.0. The largest absolute Gasteiger partial charge is 0.397 e. The Morgan fingerprint density at radius 2 is 1.96 bits per heavy atom. The van der Waals surface area contributed by atoms with Crippen LogP contribution in [0.4, 0.5) is 20.2 Å². The van der Waals surface area contributed by atoms with Crippen molar-refractivity contribution < 1.29 is 18.1 Å². The molecule has 1 amide bonds. The number of amides is 1. The van der Waals surface area contributed by atoms with Gasteiger partial charge in [0.15, 0.2) is 11.6 Å². The summed E-state index contributed by atoms with van der Waals surface area (Å²) in [5.74, 6) is -1.54. The topological polar surface area (TPSA) is 94.0 Å². The predicted molar refractivity (Wildman–Crippen MR) is 87.5 cm³/mol. The lowest BCUT2D eigenvalue weighted by Crippen LogP contribution is -2.15. The zero-order chi connectivity index (χ0) is 17.8. The molecule has 0 unspecified atom stereocenters. The smallest absolute Gasteiger partial charge is 0.257 e. The molecule has 0 atom stereocenters. The first-order valence-corrected chi connectivity index (χ1v) is 7.45. The average molecular weight is 344 g/mol. The molecule has 0 saturated carbocycles. The molecule has 0 spiro atoms. The van der Waals surface area contributed by atoms with E-state index < -0.39 is 17.5 Å². The molecule has 0 aliphatic carbocycles. The van der Waals surface area contributed by atoms with E-state index in [9.17, 15) is 13.6 Å². The lowest BCUT2D eigenvalue weighted by atomic mass is 10.2. The summed E-state index contributed by atoms with van der Waals surface area (Å²) >= 11 is 0. The van der Waals surface area contributed by atoms with Crippen molar-refractivity contribution >= 4 is 17.3 Å². The Bertz CT molecular complexity index is 874. The van der Waals surface area contributed by atoms with Crippen molar-refractivity contribution in [1.29, 1.82) is 0 Å². The molecule has 3 aromatic rings. The first kappa shape index (κ1) is 16.6. The van der Waals surface area contributed by atoms with Crippen LogP contribution < -0.4 is 11.1 Å². The van der Waals surface area contributed by atoms with Gasteiger partial charge in [-0.3, -0.25) is 4.79 Å². The number of aromatic nitrogens is 2. The maximum absolute atomic E-state index is 13.7. The van der Waals surface area contributed by atoms with Crippen LogP contribution >= 0.6 is 0 Å². The van der Waals surface area contributed by atoms with Gasteiger partial charge in [-0.15, -0.1) is 0 Å². The zero-order valence-corrected chi connectivity index (χ0v) is 13.0. The molecular weight excluding hydrogens is 330 g/mol. The van der Waals surface area contributed by atoms with Gasteiger partial charge in [-0.1, -0.05) is 23.4 Å². The van der Waals surface area contributed by atoms with Crippen LogP contribution in [0.5, 0.6) is 0 Å². The van der Waals surface area contributed by atoms with Crippen molar-refractivity contribution in [3.8, 4) is 11.5 Å². The monoisotopic (exact) mass is 344 g/mol. The SMILES string of the molecule is Nc1cc(F)cc(F)c1NC(=O)CCc1noc(-c2ccccc2)n1. The molecule has 0 aliphatic rings. The second-order valence-electron chi connectivity index (χ2n) is 5.28. The van der Waals surface area contributed by atoms with E-state index in [4.69, 9.17) is 10.3 Å². The Labute approximate surface area is 141 Å². The minimum Gasteiger partial charge on any atom is -0.397 e. The van der Waals surface area contributed by atoms with E-state index in [-0.39, 0.29) is 24.2 Å². The average Bonchev–Trinajstić information content (AvgIpc) is 3.06. The highest BCUT2D eigenvalue weighted by Gasteiger charge is 2.14. The standard InChI is InChI=1S/C17H14F2N4O2/c18-11-8-12(19)16(13(20)9-11)22-15(24)7-6-14-21-17(25-23-14)10-4-2-1-3-5-10/h1-5,8-9H,6-7,20H2,(H,22,24). The third-order valence-corrected chi connectivity index (χ3v) is 3.41. The van der Waals surface area contributed by atoms with Crippen LogP contribution in [0.15, 0.2) is 47.0 Å². The van der Waals surface area contributed by atoms with Gasteiger partial charge >= 0.3 is 0 Å². The summed E-state index contributed by atoms with van der Waals surface area (Å²) < 4.78 is 31.8. The summed E-state index contributed by atoms with van der Waals surface area (Å²) in [6, 6.07) is 10.8. The van der Waals surface area contributed by atoms with Crippen molar-refractivity contribution in [1.82, 2.24) is 10.1 Å². The number of hydrogen-bond donors (Lipinski definition) is 2. The lowest BCUT2D eigenvalue weighted by Gasteiger charge is -2.08. The molecule has 3 rings (SSSR count). The highest BCUT2D eigenvalue weighted by molar-refractivity contribution is 5.94. The van der Waals surface area contributed by atoms with Crippen LogP contribution in [-0.2, 0) is 11.2 Å². The second-order valence-corrected chi connectivity index (χ2v) is 5.28. The summed E-state index contributed by atoms with van der Waals surface area (Å²) in [4.78, 5) is 16.1. The molecule has 1 aromatic heterocycles. The molecule has 3 N–H and O–H groups in total. The summed E-state index contributed by atoms with van der Waals surface area (Å²) in [5, 5.41) is 6.13. The molecular formula is C17H14F2N4O2. The van der Waals surface area contributed by atoms with E-state index in [1.54, 1.807) is 0 Å². The minimum absolute atomic E-state index is 0.00990. The fourth-order valence-corrected chi connectivity index (χ4v) is 2.21. The molecule has 0 radical (unpaired) electrons. The van der Waals surface area contributed by atoms with Gasteiger partial charge < -0.3 is 15.6 Å². The fourth-order valence-electron chi connectivity index (χ4n) is 2.21. The number of carbonyl (C=O) groups is 1. The van der Waals surface area contributed by atoms with Crippen molar-refractivity contribution in [3.63, 3.8) is 0 Å². The number of carbonyl (C=O) groups excluding carboxylic acids is 1. The summed E-state index contributed by atoms with van der Waals surface area (Å²) in [7, 11) is 0. The Balaban J connectivity index is 1.61. The van der Waals surface area contributed by atoms with Crippen LogP contribution in [0.25, 0.3) is 11.5 Å². The quantitative estimate of drug-likeness (QED) is 0.693. The van der Waals surface area contributed by atoms with Gasteiger partial charge in [0.1, 0.15) is 11.5 Å². The number of anilines is 2. The molecule has 128 valence electrons. The first-order chi connectivity index (χ1) is 12.0. The summed E-state index contributed by atoms with van der Waals surface area (Å²) in [6.45, 7) is 0. The number of hydrogen-bond acceptors (Lipinski definition) is 5. The van der Waals surface area contributed by atoms with Gasteiger partial charge in [-0.05, 0) is 18.2 Å². The third kappa shape index (κ3) is 3.97. The van der Waals surface area contributed by atoms with Gasteiger partial charge in [0, 0.05) is 24.5 Å². The molecule has 1 heterocycles. The van der Waals surface area contributed by atoms with Gasteiger partial charge in [-0.2, -0.15) is 4.98 Å². The normalized spacial score (nSPS) is 10.6. The number of benzene rings is 2. The van der Waals surface area contributed by atoms with Crippen LogP contribution in [0.1, 0.15) is 12.2 Å². The molecule has 2 aromatic carbocycles. The third-order valence-electron chi connectivity index (χ3n) is 3.41. The van der Waals surface area contributed by atoms with Gasteiger partial charge in [-0.25, -0.2) is 8.78 Å². The minimum atomic E-state index is -0.934. The molecule has 0 saturated heterocycles. The Morgan fingerprint density at radius 3 is 2.68 bits per heavy atom. The molecule has 0 fully saturated rings. The summed E-state index contributed by atoms with van der Waals surface area (Å²) in [6.07, 6.45) is 0.189. The van der Waals surface area contributed by atoms with E-state index in [2.05, 4.69) is 15.5 Å². The van der Waals surface area contributed by atoms with Crippen LogP contribution in [0, 0.1) is 11.6 Å².